The van der Waals surface area contributed by atoms with Gasteiger partial charge in [0.15, 0.2) is 0 Å². The lowest BCUT2D eigenvalue weighted by Crippen LogP contribution is -2.13. The fraction of sp³-hybridized carbons (Fsp3) is 0.267. The van der Waals surface area contributed by atoms with Crippen molar-refractivity contribution >= 4 is 15.7 Å². The number of sulfonamides is 1. The summed E-state index contributed by atoms with van der Waals surface area (Å²) in [5, 5.41) is 0. The minimum atomic E-state index is -3.68. The molecule has 0 bridgehead atoms. The summed E-state index contributed by atoms with van der Waals surface area (Å²) in [5.41, 5.74) is 1.31. The fourth-order valence-electron chi connectivity index (χ4n) is 1.93. The van der Waals surface area contributed by atoms with Crippen molar-refractivity contribution < 1.29 is 12.8 Å². The summed E-state index contributed by atoms with van der Waals surface area (Å²) in [4.78, 5) is 3.58. The topological polar surface area (TPSA) is 59.1 Å². The Hall–Kier alpha value is -1.95. The van der Waals surface area contributed by atoms with Gasteiger partial charge in [0.1, 0.15) is 0 Å². The minimum Gasteiger partial charge on any atom is -0.278 e. The second-order valence-electron chi connectivity index (χ2n) is 5.22. The maximum atomic E-state index is 12.7. The molecule has 1 aromatic carbocycles. The molecule has 0 unspecified atom stereocenters. The molecule has 1 heterocycles. The highest BCUT2D eigenvalue weighted by atomic mass is 32.2. The smallest absolute Gasteiger partial charge is 0.261 e. The Morgan fingerprint density at radius 3 is 2.33 bits per heavy atom. The van der Waals surface area contributed by atoms with E-state index in [1.165, 1.54) is 6.07 Å². The van der Waals surface area contributed by atoms with Crippen LogP contribution in [0.1, 0.15) is 19.4 Å². The molecule has 0 aliphatic heterocycles. The maximum absolute atomic E-state index is 12.7. The molecule has 21 heavy (non-hydrogen) atoms. The van der Waals surface area contributed by atoms with E-state index < -0.39 is 16.0 Å². The number of pyridine rings is 1. The normalized spacial score (nSPS) is 11.6. The van der Waals surface area contributed by atoms with Crippen LogP contribution in [0.25, 0.3) is 0 Å². The number of anilines is 1. The van der Waals surface area contributed by atoms with Crippen LogP contribution in [0, 0.1) is 11.9 Å². The van der Waals surface area contributed by atoms with E-state index in [4.69, 9.17) is 0 Å². The zero-order valence-corrected chi connectivity index (χ0v) is 12.7. The van der Waals surface area contributed by atoms with Gasteiger partial charge in [-0.05, 0) is 42.2 Å². The van der Waals surface area contributed by atoms with Crippen molar-refractivity contribution in [3.63, 3.8) is 0 Å². The monoisotopic (exact) mass is 308 g/mol. The van der Waals surface area contributed by atoms with Gasteiger partial charge in [-0.15, -0.1) is 0 Å². The Kier molecular flexibility index (Phi) is 4.57. The molecular weight excluding hydrogens is 291 g/mol. The molecule has 0 saturated carbocycles. The van der Waals surface area contributed by atoms with Crippen molar-refractivity contribution in [3.05, 3.63) is 54.1 Å². The van der Waals surface area contributed by atoms with Gasteiger partial charge in [-0.1, -0.05) is 26.0 Å². The first-order valence-corrected chi connectivity index (χ1v) is 8.08. The number of nitrogens with zero attached hydrogens (tertiary/aromatic N) is 1. The lowest BCUT2D eigenvalue weighted by atomic mass is 10.0. The second-order valence-corrected chi connectivity index (χ2v) is 6.90. The van der Waals surface area contributed by atoms with Crippen LogP contribution in [0.3, 0.4) is 0 Å². The van der Waals surface area contributed by atoms with Crippen molar-refractivity contribution in [2.45, 2.75) is 25.2 Å². The molecule has 4 nitrogen and oxygen atoms in total. The largest absolute Gasteiger partial charge is 0.278 e. The molecule has 2 rings (SSSR count). The Balaban J connectivity index is 2.17. The van der Waals surface area contributed by atoms with Gasteiger partial charge in [-0.3, -0.25) is 4.72 Å². The van der Waals surface area contributed by atoms with Gasteiger partial charge in [0.2, 0.25) is 5.95 Å². The molecule has 0 aliphatic rings. The highest BCUT2D eigenvalue weighted by Gasteiger charge is 2.14. The Bertz CT molecular complexity index is 695. The summed E-state index contributed by atoms with van der Waals surface area (Å²) >= 11 is 0. The number of halogens is 1. The molecule has 0 radical (unpaired) electrons. The SMILES string of the molecule is CC(C)Cc1ccc(S(=O)(=O)Nc2ccc(F)nc2)cc1. The second kappa shape index (κ2) is 6.22. The Morgan fingerprint density at radius 2 is 1.81 bits per heavy atom. The maximum Gasteiger partial charge on any atom is 0.261 e. The number of nitrogens with one attached hydrogen (secondary N) is 1. The first-order chi connectivity index (χ1) is 9.87. The standard InChI is InChI=1S/C15H17FN2O2S/c1-11(2)9-12-3-6-14(7-4-12)21(19,20)18-13-5-8-15(16)17-10-13/h3-8,10-11,18H,9H2,1-2H3. The number of aromatic nitrogens is 1. The van der Waals surface area contributed by atoms with Crippen molar-refractivity contribution in [2.75, 3.05) is 4.72 Å². The molecule has 0 amide bonds. The van der Waals surface area contributed by atoms with Crippen LogP contribution in [-0.2, 0) is 16.4 Å². The fourth-order valence-corrected chi connectivity index (χ4v) is 2.97. The van der Waals surface area contributed by atoms with Gasteiger partial charge in [0.05, 0.1) is 16.8 Å². The average molecular weight is 308 g/mol. The third-order valence-corrected chi connectivity index (χ3v) is 4.25. The van der Waals surface area contributed by atoms with E-state index >= 15 is 0 Å². The van der Waals surface area contributed by atoms with E-state index in [1.807, 2.05) is 0 Å². The predicted octanol–water partition coefficient (Wildman–Crippen LogP) is 3.22. The molecule has 1 aromatic heterocycles. The van der Waals surface area contributed by atoms with Crippen LogP contribution in [-0.4, -0.2) is 13.4 Å². The molecule has 1 N–H and O–H groups in total. The molecule has 0 atom stereocenters. The van der Waals surface area contributed by atoms with Crippen molar-refractivity contribution in [1.82, 2.24) is 4.98 Å². The molecule has 0 fully saturated rings. The number of rotatable bonds is 5. The van der Waals surface area contributed by atoms with Crippen molar-refractivity contribution in [2.24, 2.45) is 5.92 Å². The van der Waals surface area contributed by atoms with Gasteiger partial charge < -0.3 is 0 Å². The summed E-state index contributed by atoms with van der Waals surface area (Å²) in [6, 6.07) is 9.17. The Morgan fingerprint density at radius 1 is 1.14 bits per heavy atom. The van der Waals surface area contributed by atoms with Crippen LogP contribution in [0.4, 0.5) is 10.1 Å². The molecule has 2 aromatic rings. The summed E-state index contributed by atoms with van der Waals surface area (Å²) in [7, 11) is -3.68. The third kappa shape index (κ3) is 4.26. The van der Waals surface area contributed by atoms with E-state index in [0.29, 0.717) is 5.92 Å². The van der Waals surface area contributed by atoms with Crippen LogP contribution < -0.4 is 4.72 Å². The predicted molar refractivity (Wildman–Crippen MR) is 80.0 cm³/mol. The van der Waals surface area contributed by atoms with Crippen LogP contribution in [0.5, 0.6) is 0 Å². The summed E-state index contributed by atoms with van der Waals surface area (Å²) in [5.74, 6) is -0.146. The summed E-state index contributed by atoms with van der Waals surface area (Å²) in [6.45, 7) is 4.21. The van der Waals surface area contributed by atoms with Gasteiger partial charge in [-0.25, -0.2) is 13.4 Å². The van der Waals surface area contributed by atoms with Crippen molar-refractivity contribution in [3.8, 4) is 0 Å². The van der Waals surface area contributed by atoms with Crippen molar-refractivity contribution in [1.29, 1.82) is 0 Å². The number of hydrogen-bond donors (Lipinski definition) is 1. The summed E-state index contributed by atoms with van der Waals surface area (Å²) < 4.78 is 39.4. The summed E-state index contributed by atoms with van der Waals surface area (Å²) in [6.07, 6.45) is 2.04. The lowest BCUT2D eigenvalue weighted by Gasteiger charge is -2.09. The van der Waals surface area contributed by atoms with E-state index in [1.54, 1.807) is 24.3 Å². The van der Waals surface area contributed by atoms with Gasteiger partial charge in [-0.2, -0.15) is 4.39 Å². The number of hydrogen-bond acceptors (Lipinski definition) is 3. The minimum absolute atomic E-state index is 0.166. The van der Waals surface area contributed by atoms with Gasteiger partial charge in [0, 0.05) is 0 Å². The third-order valence-electron chi connectivity index (χ3n) is 2.86. The molecular formula is C15H17FN2O2S. The van der Waals surface area contributed by atoms with E-state index in [0.717, 1.165) is 24.2 Å². The number of benzene rings is 1. The molecule has 0 spiro atoms. The molecule has 6 heteroatoms. The molecule has 112 valence electrons. The van der Waals surface area contributed by atoms with Crippen LogP contribution in [0.15, 0.2) is 47.5 Å². The molecule has 0 saturated heterocycles. The van der Waals surface area contributed by atoms with Crippen LogP contribution >= 0.6 is 0 Å². The zero-order valence-electron chi connectivity index (χ0n) is 11.9. The first-order valence-electron chi connectivity index (χ1n) is 6.60. The van der Waals surface area contributed by atoms with Gasteiger partial charge >= 0.3 is 0 Å². The first kappa shape index (κ1) is 15.4. The van der Waals surface area contributed by atoms with E-state index in [2.05, 4.69) is 23.6 Å². The van der Waals surface area contributed by atoms with Gasteiger partial charge in [0.25, 0.3) is 10.0 Å². The highest BCUT2D eigenvalue weighted by Crippen LogP contribution is 2.17. The molecule has 0 aliphatic carbocycles. The van der Waals surface area contributed by atoms with E-state index in [-0.39, 0.29) is 10.6 Å². The van der Waals surface area contributed by atoms with Crippen LogP contribution in [0.2, 0.25) is 0 Å². The highest BCUT2D eigenvalue weighted by molar-refractivity contribution is 7.92. The lowest BCUT2D eigenvalue weighted by molar-refractivity contribution is 0.583. The average Bonchev–Trinajstić information content (AvgIpc) is 2.41. The van der Waals surface area contributed by atoms with E-state index in [9.17, 15) is 12.8 Å². The zero-order chi connectivity index (χ0) is 15.5. The Labute approximate surface area is 124 Å². The quantitative estimate of drug-likeness (QED) is 0.863.